The first-order valence-corrected chi connectivity index (χ1v) is 7.16. The minimum absolute atomic E-state index is 0.589. The van der Waals surface area contributed by atoms with Crippen molar-refractivity contribution in [1.82, 2.24) is 5.32 Å². The van der Waals surface area contributed by atoms with Crippen molar-refractivity contribution in [1.29, 1.82) is 0 Å². The molecule has 0 saturated heterocycles. The summed E-state index contributed by atoms with van der Waals surface area (Å²) in [5.41, 5.74) is 1.41. The Bertz CT molecular complexity index is 320. The lowest BCUT2D eigenvalue weighted by molar-refractivity contribution is 0.339. The molecule has 0 amide bonds. The van der Waals surface area contributed by atoms with E-state index in [0.29, 0.717) is 11.8 Å². The fourth-order valence-corrected chi connectivity index (χ4v) is 2.21. The van der Waals surface area contributed by atoms with Gasteiger partial charge in [-0.1, -0.05) is 39.3 Å². The van der Waals surface area contributed by atoms with Crippen LogP contribution in [-0.2, 0) is 0 Å². The molecule has 18 heavy (non-hydrogen) atoms. The van der Waals surface area contributed by atoms with E-state index in [2.05, 4.69) is 50.4 Å². The van der Waals surface area contributed by atoms with Gasteiger partial charge in [-0.15, -0.1) is 0 Å². The average Bonchev–Trinajstić information content (AvgIpc) is 2.41. The molecule has 0 aromatic heterocycles. The van der Waals surface area contributed by atoms with Crippen LogP contribution in [0.1, 0.15) is 45.6 Å². The number of benzene rings is 1. The maximum absolute atomic E-state index is 5.49. The van der Waals surface area contributed by atoms with Crippen molar-refractivity contribution in [2.75, 3.05) is 19.7 Å². The molecule has 0 heterocycles. The summed E-state index contributed by atoms with van der Waals surface area (Å²) in [4.78, 5) is 0. The van der Waals surface area contributed by atoms with Crippen molar-refractivity contribution in [3.63, 3.8) is 0 Å². The highest BCUT2D eigenvalue weighted by Crippen LogP contribution is 2.27. The highest BCUT2D eigenvalue weighted by atomic mass is 16.5. The number of ether oxygens (including phenoxy) is 1. The minimum Gasteiger partial charge on any atom is -0.494 e. The molecule has 0 saturated carbocycles. The van der Waals surface area contributed by atoms with Crippen molar-refractivity contribution < 1.29 is 4.74 Å². The number of hydrogen-bond acceptors (Lipinski definition) is 2. The second-order valence-corrected chi connectivity index (χ2v) is 4.80. The Hall–Kier alpha value is -1.02. The first-order chi connectivity index (χ1) is 8.72. The van der Waals surface area contributed by atoms with Gasteiger partial charge >= 0.3 is 0 Å². The largest absolute Gasteiger partial charge is 0.494 e. The van der Waals surface area contributed by atoms with Crippen molar-refractivity contribution in [2.24, 2.45) is 5.92 Å². The Balaban J connectivity index is 2.77. The Morgan fingerprint density at radius 2 is 1.78 bits per heavy atom. The van der Waals surface area contributed by atoms with Crippen LogP contribution in [0.25, 0.3) is 0 Å². The SMILES string of the molecule is CCNCC(c1ccc(OCC)cc1)C(C)CC. The van der Waals surface area contributed by atoms with Crippen LogP contribution in [0.3, 0.4) is 0 Å². The molecule has 1 N–H and O–H groups in total. The summed E-state index contributed by atoms with van der Waals surface area (Å²) >= 11 is 0. The second kappa shape index (κ2) is 8.15. The molecule has 2 atom stereocenters. The van der Waals surface area contributed by atoms with Crippen molar-refractivity contribution in [2.45, 2.75) is 40.0 Å². The van der Waals surface area contributed by atoms with E-state index in [0.717, 1.165) is 25.4 Å². The quantitative estimate of drug-likeness (QED) is 0.756. The number of rotatable bonds is 8. The van der Waals surface area contributed by atoms with Crippen LogP contribution in [0.4, 0.5) is 0 Å². The molecule has 1 rings (SSSR count). The predicted molar refractivity (Wildman–Crippen MR) is 78.4 cm³/mol. The summed E-state index contributed by atoms with van der Waals surface area (Å²) in [7, 11) is 0. The lowest BCUT2D eigenvalue weighted by Gasteiger charge is -2.24. The number of likely N-dealkylation sites (N-methyl/N-ethyl adjacent to an activating group) is 1. The van der Waals surface area contributed by atoms with Crippen LogP contribution in [0.15, 0.2) is 24.3 Å². The first-order valence-electron chi connectivity index (χ1n) is 7.16. The van der Waals surface area contributed by atoms with Crippen LogP contribution in [-0.4, -0.2) is 19.7 Å². The van der Waals surface area contributed by atoms with E-state index in [1.807, 2.05) is 6.92 Å². The van der Waals surface area contributed by atoms with Crippen molar-refractivity contribution >= 4 is 0 Å². The van der Waals surface area contributed by atoms with Crippen LogP contribution in [0.2, 0.25) is 0 Å². The second-order valence-electron chi connectivity index (χ2n) is 4.80. The molecule has 1 aromatic carbocycles. The Morgan fingerprint density at radius 1 is 1.11 bits per heavy atom. The monoisotopic (exact) mass is 249 g/mol. The van der Waals surface area contributed by atoms with Gasteiger partial charge in [0, 0.05) is 6.54 Å². The van der Waals surface area contributed by atoms with E-state index in [1.165, 1.54) is 12.0 Å². The topological polar surface area (TPSA) is 21.3 Å². The zero-order valence-corrected chi connectivity index (χ0v) is 12.2. The van der Waals surface area contributed by atoms with Gasteiger partial charge in [0.05, 0.1) is 6.61 Å². The summed E-state index contributed by atoms with van der Waals surface area (Å²) in [5, 5.41) is 3.47. The molecule has 0 fully saturated rings. The van der Waals surface area contributed by atoms with E-state index in [4.69, 9.17) is 4.74 Å². The number of nitrogens with one attached hydrogen (secondary N) is 1. The van der Waals surface area contributed by atoms with Gasteiger partial charge in [-0.3, -0.25) is 0 Å². The maximum Gasteiger partial charge on any atom is 0.119 e. The third-order valence-corrected chi connectivity index (χ3v) is 3.56. The molecule has 0 aliphatic rings. The number of hydrogen-bond donors (Lipinski definition) is 1. The molecular weight excluding hydrogens is 222 g/mol. The van der Waals surface area contributed by atoms with Gasteiger partial charge in [-0.25, -0.2) is 0 Å². The summed E-state index contributed by atoms with van der Waals surface area (Å²) < 4.78 is 5.49. The summed E-state index contributed by atoms with van der Waals surface area (Å²) in [5.74, 6) is 2.25. The van der Waals surface area contributed by atoms with Crippen LogP contribution in [0.5, 0.6) is 5.75 Å². The van der Waals surface area contributed by atoms with Gasteiger partial charge < -0.3 is 10.1 Å². The van der Waals surface area contributed by atoms with Gasteiger partial charge in [0.15, 0.2) is 0 Å². The molecule has 0 bridgehead atoms. The van der Waals surface area contributed by atoms with E-state index in [1.54, 1.807) is 0 Å². The van der Waals surface area contributed by atoms with Gasteiger partial charge in [-0.2, -0.15) is 0 Å². The highest BCUT2D eigenvalue weighted by molar-refractivity contribution is 5.30. The van der Waals surface area contributed by atoms with E-state index in [-0.39, 0.29) is 0 Å². The molecule has 2 heteroatoms. The average molecular weight is 249 g/mol. The molecular formula is C16H27NO. The third-order valence-electron chi connectivity index (χ3n) is 3.56. The van der Waals surface area contributed by atoms with Gasteiger partial charge in [0.25, 0.3) is 0 Å². The van der Waals surface area contributed by atoms with E-state index in [9.17, 15) is 0 Å². The standard InChI is InChI=1S/C16H27NO/c1-5-13(4)16(12-17-6-2)14-8-10-15(11-9-14)18-7-3/h8-11,13,16-17H,5-7,12H2,1-4H3. The van der Waals surface area contributed by atoms with Gasteiger partial charge in [0.1, 0.15) is 5.75 Å². The van der Waals surface area contributed by atoms with Crippen molar-refractivity contribution in [3.8, 4) is 5.75 Å². The van der Waals surface area contributed by atoms with Gasteiger partial charge in [-0.05, 0) is 43.0 Å². The molecule has 0 radical (unpaired) electrons. The molecule has 102 valence electrons. The fraction of sp³-hybridized carbons (Fsp3) is 0.625. The highest BCUT2D eigenvalue weighted by Gasteiger charge is 2.17. The Kier molecular flexibility index (Phi) is 6.81. The predicted octanol–water partition coefficient (Wildman–Crippen LogP) is 3.82. The zero-order valence-electron chi connectivity index (χ0n) is 12.2. The normalized spacial score (nSPS) is 14.2. The lowest BCUT2D eigenvalue weighted by atomic mass is 9.85. The molecule has 2 unspecified atom stereocenters. The lowest BCUT2D eigenvalue weighted by Crippen LogP contribution is -2.25. The van der Waals surface area contributed by atoms with Crippen LogP contribution < -0.4 is 10.1 Å². The Morgan fingerprint density at radius 3 is 2.28 bits per heavy atom. The molecule has 0 aliphatic heterocycles. The smallest absolute Gasteiger partial charge is 0.119 e. The van der Waals surface area contributed by atoms with E-state index >= 15 is 0 Å². The van der Waals surface area contributed by atoms with Crippen LogP contribution in [0, 0.1) is 5.92 Å². The zero-order chi connectivity index (χ0) is 13.4. The Labute approximate surface area is 112 Å². The molecule has 1 aromatic rings. The van der Waals surface area contributed by atoms with E-state index < -0.39 is 0 Å². The summed E-state index contributed by atoms with van der Waals surface area (Å²) in [6.07, 6.45) is 1.21. The summed E-state index contributed by atoms with van der Waals surface area (Å²) in [6, 6.07) is 8.58. The molecule has 0 aliphatic carbocycles. The van der Waals surface area contributed by atoms with Crippen LogP contribution >= 0.6 is 0 Å². The molecule has 2 nitrogen and oxygen atoms in total. The maximum atomic E-state index is 5.49. The van der Waals surface area contributed by atoms with Gasteiger partial charge in [0.2, 0.25) is 0 Å². The summed E-state index contributed by atoms with van der Waals surface area (Å²) in [6.45, 7) is 11.6. The molecule has 0 spiro atoms. The fourth-order valence-electron chi connectivity index (χ4n) is 2.21. The first kappa shape index (κ1) is 15.0. The van der Waals surface area contributed by atoms with Crippen molar-refractivity contribution in [3.05, 3.63) is 29.8 Å². The third kappa shape index (κ3) is 4.34. The minimum atomic E-state index is 0.589.